The molecule has 0 saturated heterocycles. The molecule has 0 aliphatic rings. The molecular formula is C37H56O7Si. The Kier molecular flexibility index (Phi) is 15.7. The zero-order valence-electron chi connectivity index (χ0n) is 29.1. The first-order chi connectivity index (χ1) is 21.2. The molecule has 0 saturated carbocycles. The van der Waals surface area contributed by atoms with Crippen LogP contribution in [0.15, 0.2) is 72.8 Å². The van der Waals surface area contributed by atoms with Crippen molar-refractivity contribution < 1.29 is 33.0 Å². The smallest absolute Gasteiger partial charge is 0.350 e. The summed E-state index contributed by atoms with van der Waals surface area (Å²) in [4.78, 5) is 26.3. The van der Waals surface area contributed by atoms with E-state index in [0.717, 1.165) is 11.1 Å². The van der Waals surface area contributed by atoms with E-state index >= 15 is 0 Å². The average molecular weight is 641 g/mol. The lowest BCUT2D eigenvalue weighted by molar-refractivity contribution is -0.191. The van der Waals surface area contributed by atoms with Crippen LogP contribution in [0.4, 0.5) is 0 Å². The summed E-state index contributed by atoms with van der Waals surface area (Å²) in [6.07, 6.45) is 1.48. The van der Waals surface area contributed by atoms with Crippen LogP contribution in [-0.4, -0.2) is 52.3 Å². The zero-order chi connectivity index (χ0) is 33.6. The van der Waals surface area contributed by atoms with Crippen LogP contribution in [0.5, 0.6) is 0 Å². The van der Waals surface area contributed by atoms with Gasteiger partial charge >= 0.3 is 11.9 Å². The van der Waals surface area contributed by atoms with Gasteiger partial charge < -0.3 is 23.4 Å². The predicted molar refractivity (Wildman–Crippen MR) is 182 cm³/mol. The standard InChI is InChI=1S/C37H56O7Si/c1-27(2)45(28(3)4,29(5)6)43-24-18-17-23-32(41-25-30-19-13-11-14-20-30)33(42-26-31-21-15-12-16-22-31)34(35(38)40-10)44-36(39)37(7,8)9/h11-17,19-23,27-29,32-34H,18,24-26H2,1-10H3/b23-17-/t32-,33+,34-/m1/s1. The minimum Gasteiger partial charge on any atom is -0.466 e. The number of esters is 2. The molecule has 250 valence electrons. The second kappa shape index (κ2) is 18.4. The second-order valence-corrected chi connectivity index (χ2v) is 19.0. The minimum atomic E-state index is -2.02. The molecule has 2 aromatic rings. The fourth-order valence-corrected chi connectivity index (χ4v) is 11.3. The Labute approximate surface area is 272 Å². The summed E-state index contributed by atoms with van der Waals surface area (Å²) in [5, 5.41) is 0. The summed E-state index contributed by atoms with van der Waals surface area (Å²) in [6.45, 7) is 19.9. The van der Waals surface area contributed by atoms with Crippen LogP contribution in [0.2, 0.25) is 16.6 Å². The van der Waals surface area contributed by atoms with Gasteiger partial charge in [0.25, 0.3) is 0 Å². The van der Waals surface area contributed by atoms with E-state index < -0.39 is 44.0 Å². The largest absolute Gasteiger partial charge is 0.466 e. The van der Waals surface area contributed by atoms with Gasteiger partial charge in [-0.05, 0) is 54.9 Å². The third-order valence-corrected chi connectivity index (χ3v) is 14.3. The number of benzene rings is 2. The summed E-state index contributed by atoms with van der Waals surface area (Å²) in [7, 11) is -0.745. The summed E-state index contributed by atoms with van der Waals surface area (Å²) in [6, 6.07) is 19.4. The predicted octanol–water partition coefficient (Wildman–Crippen LogP) is 8.43. The van der Waals surface area contributed by atoms with Gasteiger partial charge in [0.05, 0.1) is 25.7 Å². The molecule has 2 rings (SSSR count). The number of carbonyl (C=O) groups excluding carboxylic acids is 2. The van der Waals surface area contributed by atoms with Gasteiger partial charge in [0.1, 0.15) is 12.2 Å². The van der Waals surface area contributed by atoms with Gasteiger partial charge in [-0.2, -0.15) is 0 Å². The number of methoxy groups -OCH3 is 1. The molecule has 0 heterocycles. The van der Waals surface area contributed by atoms with E-state index in [2.05, 4.69) is 41.5 Å². The Morgan fingerprint density at radius 2 is 1.27 bits per heavy atom. The van der Waals surface area contributed by atoms with E-state index in [-0.39, 0.29) is 13.2 Å². The van der Waals surface area contributed by atoms with Gasteiger partial charge in [0.2, 0.25) is 6.10 Å². The number of ether oxygens (including phenoxy) is 4. The van der Waals surface area contributed by atoms with E-state index in [9.17, 15) is 9.59 Å². The van der Waals surface area contributed by atoms with Gasteiger partial charge in [-0.1, -0.05) is 114 Å². The lowest BCUT2D eigenvalue weighted by Crippen LogP contribution is -2.49. The average Bonchev–Trinajstić information content (AvgIpc) is 2.99. The van der Waals surface area contributed by atoms with Gasteiger partial charge in [0, 0.05) is 6.61 Å². The quantitative estimate of drug-likeness (QED) is 0.0700. The molecule has 0 amide bonds. The minimum absolute atomic E-state index is 0.180. The van der Waals surface area contributed by atoms with Crippen LogP contribution in [0.25, 0.3) is 0 Å². The summed E-state index contributed by atoms with van der Waals surface area (Å²) < 4.78 is 30.6. The van der Waals surface area contributed by atoms with Crippen molar-refractivity contribution in [3.63, 3.8) is 0 Å². The summed E-state index contributed by atoms with van der Waals surface area (Å²) >= 11 is 0. The molecule has 45 heavy (non-hydrogen) atoms. The van der Waals surface area contributed by atoms with E-state index in [4.69, 9.17) is 23.4 Å². The Balaban J connectivity index is 2.44. The molecule has 0 bridgehead atoms. The molecular weight excluding hydrogens is 584 g/mol. The van der Waals surface area contributed by atoms with Crippen LogP contribution in [0.1, 0.15) is 79.9 Å². The Hall–Kier alpha value is -2.78. The van der Waals surface area contributed by atoms with Crippen molar-refractivity contribution >= 4 is 20.3 Å². The molecule has 0 N–H and O–H groups in total. The monoisotopic (exact) mass is 640 g/mol. The number of hydrogen-bond donors (Lipinski definition) is 0. The Morgan fingerprint density at radius 1 is 0.778 bits per heavy atom. The van der Waals surface area contributed by atoms with Gasteiger partial charge in [-0.25, -0.2) is 4.79 Å². The van der Waals surface area contributed by atoms with Crippen molar-refractivity contribution in [1.82, 2.24) is 0 Å². The highest BCUT2D eigenvalue weighted by molar-refractivity contribution is 6.77. The molecule has 0 aliphatic heterocycles. The molecule has 3 atom stereocenters. The molecule has 0 aliphatic carbocycles. The number of carbonyl (C=O) groups is 2. The SMILES string of the molecule is COC(=O)[C@H](OC(=O)C(C)(C)C)[C@@H](OCc1ccccc1)[C@@H](/C=C\CCO[Si](C(C)C)(C(C)C)C(C)C)OCc1ccccc1. The van der Waals surface area contributed by atoms with E-state index in [0.29, 0.717) is 29.7 Å². The molecule has 0 spiro atoms. The Morgan fingerprint density at radius 3 is 1.71 bits per heavy atom. The maximum atomic E-state index is 13.2. The van der Waals surface area contributed by atoms with Gasteiger partial charge in [-0.15, -0.1) is 0 Å². The van der Waals surface area contributed by atoms with Crippen LogP contribution in [0, 0.1) is 5.41 Å². The molecule has 7 nitrogen and oxygen atoms in total. The Bertz CT molecular complexity index is 1150. The zero-order valence-corrected chi connectivity index (χ0v) is 30.1. The fraction of sp³-hybridized carbons (Fsp3) is 0.568. The van der Waals surface area contributed by atoms with Crippen LogP contribution in [0.3, 0.4) is 0 Å². The molecule has 0 fully saturated rings. The lowest BCUT2D eigenvalue weighted by Gasteiger charge is -2.42. The van der Waals surface area contributed by atoms with Crippen molar-refractivity contribution in [1.29, 1.82) is 0 Å². The third-order valence-electron chi connectivity index (χ3n) is 8.14. The van der Waals surface area contributed by atoms with Crippen molar-refractivity contribution in [2.45, 2.75) is 117 Å². The summed E-state index contributed by atoms with van der Waals surface area (Å²) in [5.74, 6) is -1.25. The van der Waals surface area contributed by atoms with Crippen LogP contribution < -0.4 is 0 Å². The third kappa shape index (κ3) is 11.5. The first kappa shape index (κ1) is 38.4. The first-order valence-corrected chi connectivity index (χ1v) is 18.3. The molecule has 0 unspecified atom stereocenters. The highest BCUT2D eigenvalue weighted by Gasteiger charge is 2.45. The van der Waals surface area contributed by atoms with Crippen LogP contribution in [-0.2, 0) is 46.2 Å². The topological polar surface area (TPSA) is 80.3 Å². The van der Waals surface area contributed by atoms with Crippen molar-refractivity contribution in [3.8, 4) is 0 Å². The maximum absolute atomic E-state index is 13.2. The molecule has 2 aromatic carbocycles. The second-order valence-electron chi connectivity index (χ2n) is 13.5. The first-order valence-electron chi connectivity index (χ1n) is 16.1. The van der Waals surface area contributed by atoms with Gasteiger partial charge in [0.15, 0.2) is 8.32 Å². The van der Waals surface area contributed by atoms with Gasteiger partial charge in [-0.3, -0.25) is 4.79 Å². The maximum Gasteiger partial charge on any atom is 0.350 e. The fourth-order valence-electron chi connectivity index (χ4n) is 5.84. The van der Waals surface area contributed by atoms with Crippen molar-refractivity contribution in [2.24, 2.45) is 5.41 Å². The van der Waals surface area contributed by atoms with E-state index in [1.165, 1.54) is 7.11 Å². The highest BCUT2D eigenvalue weighted by atomic mass is 28.4. The molecule has 0 radical (unpaired) electrons. The van der Waals surface area contributed by atoms with Crippen molar-refractivity contribution in [2.75, 3.05) is 13.7 Å². The molecule has 0 aromatic heterocycles. The van der Waals surface area contributed by atoms with Crippen LogP contribution >= 0.6 is 0 Å². The van der Waals surface area contributed by atoms with Crippen molar-refractivity contribution in [3.05, 3.63) is 83.9 Å². The molecule has 8 heteroatoms. The lowest BCUT2D eigenvalue weighted by atomic mass is 9.97. The summed E-state index contributed by atoms with van der Waals surface area (Å²) in [5.41, 5.74) is 2.48. The van der Waals surface area contributed by atoms with E-state index in [1.54, 1.807) is 20.8 Å². The number of rotatable bonds is 18. The number of hydrogen-bond acceptors (Lipinski definition) is 7. The van der Waals surface area contributed by atoms with E-state index in [1.807, 2.05) is 72.8 Å². The normalized spacial score (nSPS) is 14.6. The highest BCUT2D eigenvalue weighted by Crippen LogP contribution is 2.42.